The summed E-state index contributed by atoms with van der Waals surface area (Å²) in [4.78, 5) is 2.43. The normalized spacial score (nSPS) is 28.6. The zero-order valence-electron chi connectivity index (χ0n) is 10.7. The van der Waals surface area contributed by atoms with Gasteiger partial charge in [0.1, 0.15) is 5.82 Å². The highest BCUT2D eigenvalue weighted by Gasteiger charge is 2.40. The van der Waals surface area contributed by atoms with Gasteiger partial charge in [-0.05, 0) is 46.5 Å². The van der Waals surface area contributed by atoms with Crippen molar-refractivity contribution in [1.82, 2.24) is 4.90 Å². The highest BCUT2D eigenvalue weighted by molar-refractivity contribution is 9.10. The molecule has 19 heavy (non-hydrogen) atoms. The smallest absolute Gasteiger partial charge is 0.137 e. The van der Waals surface area contributed by atoms with E-state index in [1.165, 1.54) is 12.8 Å². The summed E-state index contributed by atoms with van der Waals surface area (Å²) in [5.74, 6) is -0.227. The number of morpholine rings is 1. The van der Waals surface area contributed by atoms with Crippen molar-refractivity contribution >= 4 is 15.9 Å². The lowest BCUT2D eigenvalue weighted by atomic mass is 9.97. The Labute approximate surface area is 121 Å². The Bertz CT molecular complexity index is 467. The van der Waals surface area contributed by atoms with Crippen molar-refractivity contribution in [3.05, 3.63) is 34.1 Å². The van der Waals surface area contributed by atoms with Crippen LogP contribution in [0.3, 0.4) is 0 Å². The van der Waals surface area contributed by atoms with Crippen LogP contribution >= 0.6 is 15.9 Å². The van der Waals surface area contributed by atoms with E-state index in [1.54, 1.807) is 12.1 Å². The van der Waals surface area contributed by atoms with Gasteiger partial charge in [0.25, 0.3) is 0 Å². The lowest BCUT2D eigenvalue weighted by Crippen LogP contribution is -2.49. The van der Waals surface area contributed by atoms with Crippen LogP contribution in [0.25, 0.3) is 0 Å². The van der Waals surface area contributed by atoms with Crippen LogP contribution in [0.15, 0.2) is 22.7 Å². The Kier molecular flexibility index (Phi) is 3.89. The number of hydrogen-bond donors (Lipinski definition) is 1. The number of rotatable bonds is 3. The molecule has 2 unspecified atom stereocenters. The molecule has 3 rings (SSSR count). The highest BCUT2D eigenvalue weighted by Crippen LogP contribution is 2.39. The average molecular weight is 329 g/mol. The molecule has 1 heterocycles. The topological polar surface area (TPSA) is 38.5 Å². The molecule has 104 valence electrons. The molecule has 0 aromatic heterocycles. The summed E-state index contributed by atoms with van der Waals surface area (Å²) in [6, 6.07) is 6.02. The Morgan fingerprint density at radius 1 is 1.42 bits per heavy atom. The molecule has 1 saturated carbocycles. The Morgan fingerprint density at radius 2 is 2.21 bits per heavy atom. The van der Waals surface area contributed by atoms with Crippen LogP contribution in [0.4, 0.5) is 4.39 Å². The van der Waals surface area contributed by atoms with Crippen molar-refractivity contribution < 1.29 is 9.13 Å². The molecule has 1 aliphatic heterocycles. The molecule has 1 aromatic carbocycles. The third kappa shape index (κ3) is 2.70. The summed E-state index contributed by atoms with van der Waals surface area (Å²) in [5.41, 5.74) is 6.79. The molecule has 1 aromatic rings. The van der Waals surface area contributed by atoms with Gasteiger partial charge in [-0.2, -0.15) is 0 Å². The van der Waals surface area contributed by atoms with Gasteiger partial charge >= 0.3 is 0 Å². The minimum absolute atomic E-state index is 0.0464. The lowest BCUT2D eigenvalue weighted by molar-refractivity contribution is -0.0713. The molecular formula is C14H18BrFN2O. The van der Waals surface area contributed by atoms with Gasteiger partial charge in [0.05, 0.1) is 23.2 Å². The Hall–Kier alpha value is -0.490. The number of halogens is 2. The molecule has 3 nitrogen and oxygen atoms in total. The second-order valence-electron chi connectivity index (χ2n) is 5.23. The molecule has 0 spiro atoms. The number of benzene rings is 1. The van der Waals surface area contributed by atoms with E-state index in [0.29, 0.717) is 23.7 Å². The lowest BCUT2D eigenvalue weighted by Gasteiger charge is -2.41. The van der Waals surface area contributed by atoms with Crippen LogP contribution in [0, 0.1) is 5.82 Å². The zero-order valence-corrected chi connectivity index (χ0v) is 12.3. The monoisotopic (exact) mass is 328 g/mol. The van der Waals surface area contributed by atoms with Gasteiger partial charge in [-0.1, -0.05) is 6.07 Å². The third-order valence-electron chi connectivity index (χ3n) is 3.92. The standard InChI is InChI=1S/C14H18BrFN2O/c15-11-4-1-9(7-12(11)16)14-13(8-17)19-6-5-18(14)10-2-3-10/h1,4,7,10,13-14H,2-3,5-6,8,17H2. The van der Waals surface area contributed by atoms with Crippen LogP contribution in [0.2, 0.25) is 0 Å². The van der Waals surface area contributed by atoms with E-state index < -0.39 is 0 Å². The summed E-state index contributed by atoms with van der Waals surface area (Å²) in [5, 5.41) is 0. The van der Waals surface area contributed by atoms with E-state index in [4.69, 9.17) is 10.5 Å². The summed E-state index contributed by atoms with van der Waals surface area (Å²) >= 11 is 3.20. The van der Waals surface area contributed by atoms with Gasteiger partial charge in [0.2, 0.25) is 0 Å². The largest absolute Gasteiger partial charge is 0.374 e. The van der Waals surface area contributed by atoms with Gasteiger partial charge in [0.15, 0.2) is 0 Å². The average Bonchev–Trinajstić information content (AvgIpc) is 3.25. The van der Waals surface area contributed by atoms with Gasteiger partial charge in [0, 0.05) is 19.1 Å². The molecule has 2 atom stereocenters. The molecule has 0 bridgehead atoms. The number of nitrogens with zero attached hydrogens (tertiary/aromatic N) is 1. The van der Waals surface area contributed by atoms with Crippen LogP contribution in [-0.2, 0) is 4.74 Å². The van der Waals surface area contributed by atoms with E-state index in [0.717, 1.165) is 12.1 Å². The molecule has 2 fully saturated rings. The van der Waals surface area contributed by atoms with E-state index in [-0.39, 0.29) is 18.0 Å². The van der Waals surface area contributed by atoms with Crippen molar-refractivity contribution in [3.8, 4) is 0 Å². The Balaban J connectivity index is 1.93. The first kappa shape index (κ1) is 13.5. The maximum absolute atomic E-state index is 13.8. The fourth-order valence-electron chi connectivity index (χ4n) is 2.87. The third-order valence-corrected chi connectivity index (χ3v) is 4.57. The highest BCUT2D eigenvalue weighted by atomic mass is 79.9. The first-order chi connectivity index (χ1) is 9.20. The van der Waals surface area contributed by atoms with Crippen molar-refractivity contribution in [1.29, 1.82) is 0 Å². The van der Waals surface area contributed by atoms with Crippen LogP contribution in [-0.4, -0.2) is 36.7 Å². The molecule has 2 aliphatic rings. The fourth-order valence-corrected chi connectivity index (χ4v) is 3.12. The first-order valence-corrected chi connectivity index (χ1v) is 7.52. The van der Waals surface area contributed by atoms with E-state index in [1.807, 2.05) is 6.07 Å². The summed E-state index contributed by atoms with van der Waals surface area (Å²) in [6.45, 7) is 2.09. The molecule has 1 saturated heterocycles. The van der Waals surface area contributed by atoms with Crippen LogP contribution in [0.5, 0.6) is 0 Å². The Morgan fingerprint density at radius 3 is 2.84 bits per heavy atom. The second kappa shape index (κ2) is 5.48. The van der Waals surface area contributed by atoms with E-state index in [2.05, 4.69) is 20.8 Å². The molecule has 5 heteroatoms. The summed E-state index contributed by atoms with van der Waals surface area (Å²) in [7, 11) is 0. The van der Waals surface area contributed by atoms with Gasteiger partial charge in [-0.25, -0.2) is 4.39 Å². The second-order valence-corrected chi connectivity index (χ2v) is 6.09. The predicted molar refractivity (Wildman–Crippen MR) is 75.4 cm³/mol. The quantitative estimate of drug-likeness (QED) is 0.926. The van der Waals surface area contributed by atoms with E-state index in [9.17, 15) is 4.39 Å². The summed E-state index contributed by atoms with van der Waals surface area (Å²) in [6.07, 6.45) is 2.41. The van der Waals surface area contributed by atoms with Crippen molar-refractivity contribution in [2.75, 3.05) is 19.7 Å². The van der Waals surface area contributed by atoms with Crippen molar-refractivity contribution in [3.63, 3.8) is 0 Å². The summed E-state index contributed by atoms with van der Waals surface area (Å²) < 4.78 is 20.0. The van der Waals surface area contributed by atoms with Crippen molar-refractivity contribution in [2.45, 2.75) is 31.0 Å². The maximum atomic E-state index is 13.8. The number of ether oxygens (including phenoxy) is 1. The predicted octanol–water partition coefficient (Wildman–Crippen LogP) is 2.45. The first-order valence-electron chi connectivity index (χ1n) is 6.73. The SMILES string of the molecule is NCC1OCCN(C2CC2)C1c1ccc(Br)c(F)c1. The zero-order chi connectivity index (χ0) is 13.4. The van der Waals surface area contributed by atoms with Crippen molar-refractivity contribution in [2.24, 2.45) is 5.73 Å². The minimum atomic E-state index is -0.227. The van der Waals surface area contributed by atoms with E-state index >= 15 is 0 Å². The molecule has 0 amide bonds. The number of nitrogens with two attached hydrogens (primary N) is 1. The van der Waals surface area contributed by atoms with Crippen LogP contribution in [0.1, 0.15) is 24.4 Å². The molecule has 0 radical (unpaired) electrons. The van der Waals surface area contributed by atoms with Gasteiger partial charge in [-0.15, -0.1) is 0 Å². The minimum Gasteiger partial charge on any atom is -0.374 e. The van der Waals surface area contributed by atoms with Gasteiger partial charge < -0.3 is 10.5 Å². The van der Waals surface area contributed by atoms with Gasteiger partial charge in [-0.3, -0.25) is 4.90 Å². The molecule has 1 aliphatic carbocycles. The van der Waals surface area contributed by atoms with Crippen LogP contribution < -0.4 is 5.73 Å². The maximum Gasteiger partial charge on any atom is 0.137 e. The molecular weight excluding hydrogens is 311 g/mol. The fraction of sp³-hybridized carbons (Fsp3) is 0.571. The number of hydrogen-bond acceptors (Lipinski definition) is 3. The molecule has 2 N–H and O–H groups in total.